The molecular weight excluding hydrogens is 819 g/mol. The Hall–Kier alpha value is -1.78. The van der Waals surface area contributed by atoms with E-state index in [0.29, 0.717) is 25.7 Å². The van der Waals surface area contributed by atoms with Crippen molar-refractivity contribution < 1.29 is 75.3 Å². The van der Waals surface area contributed by atoms with Crippen LogP contribution in [0.15, 0.2) is 0 Å². The molecule has 0 aliphatic carbocycles. The van der Waals surface area contributed by atoms with E-state index in [1.54, 1.807) is 0 Å². The van der Waals surface area contributed by atoms with E-state index in [0.717, 1.165) is 103 Å². The van der Waals surface area contributed by atoms with Crippen LogP contribution in [0.4, 0.5) is 0 Å². The van der Waals surface area contributed by atoms with Crippen molar-refractivity contribution in [2.45, 2.75) is 198 Å². The average Bonchev–Trinajstić information content (AvgIpc) is 3.07. The summed E-state index contributed by atoms with van der Waals surface area (Å²) >= 11 is 0. The Bertz CT molecular complexity index is 655. The van der Waals surface area contributed by atoms with E-state index in [-0.39, 0.29) is 55.4 Å². The zero-order valence-corrected chi connectivity index (χ0v) is 37.7. The van der Waals surface area contributed by atoms with E-state index < -0.39 is 29.8 Å². The van der Waals surface area contributed by atoms with Crippen molar-refractivity contribution in [3.8, 4) is 0 Å². The van der Waals surface area contributed by atoms with Crippen LogP contribution in [-0.2, 0) is 49.8 Å². The smallest absolute Gasteiger partial charge is 0.550 e. The van der Waals surface area contributed by atoms with Crippen LogP contribution in [0.3, 0.4) is 0 Å². The van der Waals surface area contributed by atoms with Gasteiger partial charge in [-0.25, -0.2) is 0 Å². The minimum atomic E-state index is -0.893. The average molecular weight is 896 g/mol. The predicted molar refractivity (Wildman–Crippen MR) is 194 cm³/mol. The minimum absolute atomic E-state index is 0. The molecule has 0 fully saturated rings. The van der Waals surface area contributed by atoms with Crippen LogP contribution in [0.2, 0.25) is 0 Å². The van der Waals surface area contributed by atoms with E-state index in [2.05, 4.69) is 34.6 Å². The van der Waals surface area contributed by atoms with Gasteiger partial charge in [0.15, 0.2) is 0 Å². The van der Waals surface area contributed by atoms with Gasteiger partial charge in [-0.05, 0) is 87.9 Å². The summed E-state index contributed by atoms with van der Waals surface area (Å²) in [4.78, 5) is 51.7. The maximum atomic E-state index is 10.4. The molecule has 0 bridgehead atoms. The van der Waals surface area contributed by atoms with Gasteiger partial charge in [0, 0.05) is 23.9 Å². The Kier molecular flexibility index (Phi) is 55.5. The van der Waals surface area contributed by atoms with Crippen LogP contribution in [0.1, 0.15) is 198 Å². The SMILES string of the molecule is CCCCC(CC)C(=O)O.CCCCC(CC)C(=O)[O-].CCCCC(CC)C(=O)[O-].CCCCC(CC)C(=O)[O-].CCCCC(CC)C(=O)[O-].[Hf+4]. The summed E-state index contributed by atoms with van der Waals surface area (Å²) in [5.74, 6) is -5.21. The Morgan fingerprint density at radius 1 is 0.373 bits per heavy atom. The molecule has 10 nitrogen and oxygen atoms in total. The monoisotopic (exact) mass is 896 g/mol. The van der Waals surface area contributed by atoms with Crippen LogP contribution in [0.25, 0.3) is 0 Å². The van der Waals surface area contributed by atoms with Gasteiger partial charge in [-0.15, -0.1) is 0 Å². The molecule has 0 spiro atoms. The van der Waals surface area contributed by atoms with Gasteiger partial charge >= 0.3 is 31.8 Å². The number of hydrogen-bond acceptors (Lipinski definition) is 9. The fourth-order valence-corrected chi connectivity index (χ4v) is 4.71. The van der Waals surface area contributed by atoms with Gasteiger partial charge < -0.3 is 44.7 Å². The van der Waals surface area contributed by atoms with E-state index in [4.69, 9.17) is 5.11 Å². The molecule has 1 N–H and O–H groups in total. The summed E-state index contributed by atoms with van der Waals surface area (Å²) in [7, 11) is 0. The predicted octanol–water partition coefficient (Wildman–Crippen LogP) is 6.10. The van der Waals surface area contributed by atoms with Crippen LogP contribution in [0, 0.1) is 29.6 Å². The van der Waals surface area contributed by atoms with Crippen molar-refractivity contribution in [3.05, 3.63) is 0 Å². The summed E-state index contributed by atoms with van der Waals surface area (Å²) in [6, 6.07) is 0. The number of rotatable bonds is 25. The molecule has 51 heavy (non-hydrogen) atoms. The van der Waals surface area contributed by atoms with Gasteiger partial charge in [0.1, 0.15) is 0 Å². The maximum absolute atomic E-state index is 10.4. The van der Waals surface area contributed by atoms with Gasteiger partial charge in [-0.1, -0.05) is 133 Å². The number of aliphatic carboxylic acids is 5. The van der Waals surface area contributed by atoms with Gasteiger partial charge in [0.25, 0.3) is 0 Å². The molecule has 0 aromatic heterocycles. The minimum Gasteiger partial charge on any atom is -0.550 e. The van der Waals surface area contributed by atoms with E-state index in [1.165, 1.54) is 0 Å². The summed E-state index contributed by atoms with van der Waals surface area (Å²) in [5.41, 5.74) is 0. The third-order valence-electron chi connectivity index (χ3n) is 8.68. The van der Waals surface area contributed by atoms with Crippen LogP contribution >= 0.6 is 0 Å². The first-order chi connectivity index (χ1) is 23.6. The Morgan fingerprint density at radius 2 is 0.529 bits per heavy atom. The molecule has 0 radical (unpaired) electrons. The van der Waals surface area contributed by atoms with Gasteiger partial charge in [0.05, 0.1) is 5.92 Å². The summed E-state index contributed by atoms with van der Waals surface area (Å²) in [6.45, 7) is 19.8. The number of carboxylic acids is 5. The molecule has 11 heteroatoms. The Labute approximate surface area is 331 Å². The number of carbonyl (C=O) groups excluding carboxylic acids is 4. The third kappa shape index (κ3) is 44.3. The largest absolute Gasteiger partial charge is 4.00 e. The fraction of sp³-hybridized carbons (Fsp3) is 0.875. The molecule has 0 aromatic rings. The van der Waals surface area contributed by atoms with Gasteiger partial charge in [0.2, 0.25) is 0 Å². The second-order valence-corrected chi connectivity index (χ2v) is 12.9. The molecule has 0 aromatic carbocycles. The number of carboxylic acid groups (broad SMARTS) is 5. The van der Waals surface area contributed by atoms with Crippen LogP contribution in [-0.4, -0.2) is 35.0 Å². The molecular formula is C40H76HfO10. The maximum Gasteiger partial charge on any atom is 4.00 e. The van der Waals surface area contributed by atoms with Crippen molar-refractivity contribution in [1.29, 1.82) is 0 Å². The van der Waals surface area contributed by atoms with Crippen molar-refractivity contribution >= 4 is 29.8 Å². The molecule has 5 atom stereocenters. The van der Waals surface area contributed by atoms with Crippen LogP contribution < -0.4 is 20.4 Å². The quantitative estimate of drug-likeness (QED) is 0.105. The molecule has 0 amide bonds. The Morgan fingerprint density at radius 3 is 0.627 bits per heavy atom. The van der Waals surface area contributed by atoms with Crippen molar-refractivity contribution in [1.82, 2.24) is 0 Å². The zero-order valence-electron chi connectivity index (χ0n) is 34.2. The van der Waals surface area contributed by atoms with E-state index in [1.807, 2.05) is 34.6 Å². The number of carbonyl (C=O) groups is 5. The van der Waals surface area contributed by atoms with E-state index >= 15 is 0 Å². The molecule has 0 rings (SSSR count). The molecule has 0 saturated carbocycles. The van der Waals surface area contributed by atoms with Crippen molar-refractivity contribution in [3.63, 3.8) is 0 Å². The van der Waals surface area contributed by atoms with E-state index in [9.17, 15) is 44.4 Å². The molecule has 0 saturated heterocycles. The third-order valence-corrected chi connectivity index (χ3v) is 8.68. The normalized spacial score (nSPS) is 12.7. The number of hydrogen-bond donors (Lipinski definition) is 1. The molecule has 0 aliphatic heterocycles. The second kappa shape index (κ2) is 46.2. The van der Waals surface area contributed by atoms with Gasteiger partial charge in [-0.2, -0.15) is 0 Å². The first-order valence-electron chi connectivity index (χ1n) is 19.7. The molecule has 0 aliphatic rings. The van der Waals surface area contributed by atoms with Gasteiger partial charge in [-0.3, -0.25) is 4.79 Å². The zero-order chi connectivity index (χ0) is 39.9. The fourth-order valence-electron chi connectivity index (χ4n) is 4.71. The van der Waals surface area contributed by atoms with Crippen molar-refractivity contribution in [2.75, 3.05) is 0 Å². The van der Waals surface area contributed by atoms with Crippen LogP contribution in [0.5, 0.6) is 0 Å². The molecule has 0 heterocycles. The number of unbranched alkanes of at least 4 members (excludes halogenated alkanes) is 5. The second-order valence-electron chi connectivity index (χ2n) is 12.9. The Balaban J connectivity index is -0.000000123. The molecule has 300 valence electrons. The summed E-state index contributed by atoms with van der Waals surface area (Å²) < 4.78 is 0. The first kappa shape index (κ1) is 61.3. The summed E-state index contributed by atoms with van der Waals surface area (Å²) in [6.07, 6.45) is 17.8. The topological polar surface area (TPSA) is 198 Å². The standard InChI is InChI=1S/5C8H16O2.Hf/c5*1-3-5-6-7(4-2)8(9)10;/h5*7H,3-6H2,1-2H3,(H,9,10);/q;;;;;+4/p-4. The first-order valence-corrected chi connectivity index (χ1v) is 19.7. The summed E-state index contributed by atoms with van der Waals surface area (Å²) in [5, 5.41) is 49.9. The molecule has 5 unspecified atom stereocenters. The van der Waals surface area contributed by atoms with Crippen molar-refractivity contribution in [2.24, 2.45) is 29.6 Å².